The monoisotopic (exact) mass is 748 g/mol. The fourth-order valence-electron chi connectivity index (χ4n) is 8.83. The van der Waals surface area contributed by atoms with Crippen molar-refractivity contribution in [2.75, 3.05) is 32.7 Å². The predicted octanol–water partition coefficient (Wildman–Crippen LogP) is 4.21. The van der Waals surface area contributed by atoms with Crippen LogP contribution in [0.3, 0.4) is 0 Å². The standard InChI is InChI=1S/C40H52N4O8S/c1-23-32-19-28(40(32,3)4)20-33(23)41-39(48)36-35(24(2)46)34(22-45)52-44(36)21-25-12-11-15-31(37(25)51-7)26-16-27(18-29(17-26)43(5)6)38(47)42-53(49,50)30-13-9-8-10-14-30/h8-18,23-24,28,32-36,45-46H,19-22H2,1-7H3,(H,41,48)(H,42,47)/t23-,24-,28+,32-,33?,34-,35+,36-/m0/s1. The number of aliphatic hydroxyl groups is 2. The van der Waals surface area contributed by atoms with Gasteiger partial charge in [-0.05, 0) is 78.8 Å². The number of hydroxylamine groups is 2. The molecule has 3 aliphatic carbocycles. The summed E-state index contributed by atoms with van der Waals surface area (Å²) in [5.74, 6) is 0.0909. The van der Waals surface area contributed by atoms with Crippen molar-refractivity contribution in [3.05, 3.63) is 77.9 Å². The smallest absolute Gasteiger partial charge is 0.265 e. The van der Waals surface area contributed by atoms with E-state index < -0.39 is 40.1 Å². The van der Waals surface area contributed by atoms with Gasteiger partial charge >= 0.3 is 0 Å². The van der Waals surface area contributed by atoms with E-state index in [0.717, 1.165) is 6.42 Å². The molecule has 53 heavy (non-hydrogen) atoms. The van der Waals surface area contributed by atoms with Gasteiger partial charge in [0.25, 0.3) is 15.9 Å². The molecule has 0 spiro atoms. The molecule has 2 amide bonds. The zero-order chi connectivity index (χ0) is 38.4. The zero-order valence-corrected chi connectivity index (χ0v) is 32.3. The van der Waals surface area contributed by atoms with Crippen LogP contribution in [0, 0.1) is 29.1 Å². The van der Waals surface area contributed by atoms with Crippen molar-refractivity contribution in [2.45, 2.75) is 76.3 Å². The van der Waals surface area contributed by atoms with Crippen LogP contribution in [-0.4, -0.2) is 87.6 Å². The summed E-state index contributed by atoms with van der Waals surface area (Å²) in [5, 5.41) is 26.1. The second-order valence-electron chi connectivity index (χ2n) is 15.6. The van der Waals surface area contributed by atoms with Crippen molar-refractivity contribution >= 4 is 27.5 Å². The van der Waals surface area contributed by atoms with Crippen LogP contribution in [0.25, 0.3) is 11.1 Å². The third-order valence-corrected chi connectivity index (χ3v) is 13.3. The normalized spacial score (nSPS) is 27.0. The second kappa shape index (κ2) is 15.0. The Kier molecular flexibility index (Phi) is 11.0. The van der Waals surface area contributed by atoms with E-state index in [0.29, 0.717) is 45.9 Å². The molecule has 7 rings (SSSR count). The number of ether oxygens (including phenoxy) is 1. The van der Waals surface area contributed by atoms with Gasteiger partial charge in [-0.2, -0.15) is 5.06 Å². The summed E-state index contributed by atoms with van der Waals surface area (Å²) in [4.78, 5) is 35.7. The minimum absolute atomic E-state index is 0.000126. The maximum atomic E-state index is 14.2. The van der Waals surface area contributed by atoms with Gasteiger partial charge in [0, 0.05) is 48.4 Å². The highest BCUT2D eigenvalue weighted by Crippen LogP contribution is 2.61. The van der Waals surface area contributed by atoms with Gasteiger partial charge in [0.15, 0.2) is 0 Å². The number of anilines is 1. The van der Waals surface area contributed by atoms with Crippen LogP contribution in [0.15, 0.2) is 71.6 Å². The predicted molar refractivity (Wildman–Crippen MR) is 201 cm³/mol. The van der Waals surface area contributed by atoms with Gasteiger partial charge in [-0.1, -0.05) is 57.2 Å². The highest BCUT2D eigenvalue weighted by Gasteiger charge is 2.57. The number of rotatable bonds is 12. The third kappa shape index (κ3) is 7.42. The van der Waals surface area contributed by atoms with Crippen LogP contribution < -0.4 is 19.7 Å². The number of para-hydroxylation sites is 1. The third-order valence-electron chi connectivity index (χ3n) is 12.0. The number of carbonyl (C=O) groups is 2. The number of nitrogens with zero attached hydrogens (tertiary/aromatic N) is 2. The van der Waals surface area contributed by atoms with Gasteiger partial charge in [-0.25, -0.2) is 13.1 Å². The van der Waals surface area contributed by atoms with Gasteiger partial charge in [0.05, 0.1) is 31.3 Å². The van der Waals surface area contributed by atoms with E-state index in [-0.39, 0.29) is 41.0 Å². The molecule has 1 saturated heterocycles. The lowest BCUT2D eigenvalue weighted by Crippen LogP contribution is -2.62. The first-order chi connectivity index (χ1) is 25.1. The van der Waals surface area contributed by atoms with E-state index in [2.05, 4.69) is 30.8 Å². The number of fused-ring (bicyclic) bond motifs is 2. The SMILES string of the molecule is COc1c(CN2O[C@@H](CO)[C@@H]([C@H](C)O)[C@H]2C(=O)NC2C[C@H]3C[C@@H]([C@@H]2C)C3(C)C)cccc1-c1cc(C(=O)NS(=O)(=O)c2ccccc2)cc(N(C)C)c1. The summed E-state index contributed by atoms with van der Waals surface area (Å²) >= 11 is 0. The van der Waals surface area contributed by atoms with Gasteiger partial charge in [0.1, 0.15) is 17.9 Å². The van der Waals surface area contributed by atoms with Crippen LogP contribution in [0.2, 0.25) is 0 Å². The van der Waals surface area contributed by atoms with Crippen molar-refractivity contribution in [3.63, 3.8) is 0 Å². The molecule has 4 fully saturated rings. The van der Waals surface area contributed by atoms with Crippen LogP contribution in [0.5, 0.6) is 5.75 Å². The molecule has 13 heteroatoms. The summed E-state index contributed by atoms with van der Waals surface area (Å²) in [6.45, 7) is 8.15. The molecule has 1 unspecified atom stereocenters. The topological polar surface area (TPSA) is 158 Å². The van der Waals surface area contributed by atoms with Gasteiger partial charge < -0.3 is 25.2 Å². The number of sulfonamides is 1. The molecule has 0 aromatic heterocycles. The fraction of sp³-hybridized carbons (Fsp3) is 0.500. The number of nitrogens with one attached hydrogen (secondary N) is 2. The van der Waals surface area contributed by atoms with Crippen LogP contribution >= 0.6 is 0 Å². The van der Waals surface area contributed by atoms with E-state index >= 15 is 0 Å². The summed E-state index contributed by atoms with van der Waals surface area (Å²) in [6, 6.07) is 17.4. The maximum Gasteiger partial charge on any atom is 0.265 e. The molecule has 4 aliphatic rings. The molecule has 3 aromatic rings. The van der Waals surface area contributed by atoms with Gasteiger partial charge in [0.2, 0.25) is 5.91 Å². The Morgan fingerprint density at radius 1 is 1.08 bits per heavy atom. The summed E-state index contributed by atoms with van der Waals surface area (Å²) in [5.41, 5.74) is 2.91. The minimum Gasteiger partial charge on any atom is -0.496 e. The lowest BCUT2D eigenvalue weighted by atomic mass is 9.45. The minimum atomic E-state index is -4.13. The molecule has 1 aliphatic heterocycles. The van der Waals surface area contributed by atoms with Crippen LogP contribution in [-0.2, 0) is 26.2 Å². The number of carbonyl (C=O) groups excluding carboxylic acids is 2. The number of hydrogen-bond donors (Lipinski definition) is 4. The molecule has 286 valence electrons. The second-order valence-corrected chi connectivity index (χ2v) is 17.3. The molecule has 1 heterocycles. The van der Waals surface area contributed by atoms with E-state index in [1.54, 1.807) is 37.3 Å². The average Bonchev–Trinajstić information content (AvgIpc) is 3.50. The van der Waals surface area contributed by atoms with Gasteiger partial charge in [-0.3, -0.25) is 14.4 Å². The zero-order valence-electron chi connectivity index (χ0n) is 31.4. The Morgan fingerprint density at radius 3 is 2.40 bits per heavy atom. The maximum absolute atomic E-state index is 14.2. The van der Waals surface area contributed by atoms with Crippen LogP contribution in [0.4, 0.5) is 5.69 Å². The van der Waals surface area contributed by atoms with E-state index in [1.165, 1.54) is 30.7 Å². The number of methoxy groups -OCH3 is 1. The summed E-state index contributed by atoms with van der Waals surface area (Å²) in [6.07, 6.45) is 0.323. The van der Waals surface area contributed by atoms with E-state index in [1.807, 2.05) is 43.3 Å². The Labute approximate surface area is 312 Å². The highest BCUT2D eigenvalue weighted by molar-refractivity contribution is 7.90. The molecule has 12 nitrogen and oxygen atoms in total. The number of aliphatic hydroxyl groups excluding tert-OH is 2. The quantitative estimate of drug-likeness (QED) is 0.212. The Balaban J connectivity index is 1.30. The number of amides is 2. The molecule has 2 bridgehead atoms. The first kappa shape index (κ1) is 38.7. The molecule has 3 aromatic carbocycles. The van der Waals surface area contributed by atoms with Crippen molar-refractivity contribution in [1.82, 2.24) is 15.1 Å². The van der Waals surface area contributed by atoms with E-state index in [4.69, 9.17) is 9.57 Å². The fourth-order valence-corrected chi connectivity index (χ4v) is 9.82. The molecule has 3 saturated carbocycles. The Morgan fingerprint density at radius 2 is 1.79 bits per heavy atom. The average molecular weight is 749 g/mol. The molecule has 4 N–H and O–H groups in total. The van der Waals surface area contributed by atoms with Crippen LogP contribution in [0.1, 0.15) is 56.5 Å². The highest BCUT2D eigenvalue weighted by atomic mass is 32.2. The lowest BCUT2D eigenvalue weighted by Gasteiger charge is -2.62. The largest absolute Gasteiger partial charge is 0.496 e. The molecule has 0 radical (unpaired) electrons. The van der Waals surface area contributed by atoms with E-state index in [9.17, 15) is 28.2 Å². The molecular formula is C40H52N4O8S. The summed E-state index contributed by atoms with van der Waals surface area (Å²) in [7, 11) is 1.04. The lowest BCUT2D eigenvalue weighted by molar-refractivity contribution is -0.183. The van der Waals surface area contributed by atoms with Crippen molar-refractivity contribution < 1.29 is 37.8 Å². The molecular weight excluding hydrogens is 697 g/mol. The van der Waals surface area contributed by atoms with Crippen molar-refractivity contribution in [2.24, 2.45) is 29.1 Å². The van der Waals surface area contributed by atoms with Crippen molar-refractivity contribution in [1.29, 1.82) is 0 Å². The number of hydrogen-bond acceptors (Lipinski definition) is 10. The number of benzene rings is 3. The van der Waals surface area contributed by atoms with Gasteiger partial charge in [-0.15, -0.1) is 0 Å². The first-order valence-electron chi connectivity index (χ1n) is 18.2. The van der Waals surface area contributed by atoms with Crippen molar-refractivity contribution in [3.8, 4) is 16.9 Å². The Bertz CT molecular complexity index is 1940. The molecule has 8 atom stereocenters. The first-order valence-corrected chi connectivity index (χ1v) is 19.7. The summed E-state index contributed by atoms with van der Waals surface area (Å²) < 4.78 is 34.2. The Hall–Kier alpha value is -4.01.